The molecule has 1 N–H and O–H groups in total. The molecule has 1 aromatic heterocycles. The highest BCUT2D eigenvalue weighted by atomic mass is 19.1. The summed E-state index contributed by atoms with van der Waals surface area (Å²) >= 11 is 0. The average Bonchev–Trinajstić information content (AvgIpc) is 2.87. The van der Waals surface area contributed by atoms with E-state index in [1.807, 2.05) is 24.3 Å². The average molecular weight is 297 g/mol. The number of para-hydroxylation sites is 1. The Bertz CT molecular complexity index is 834. The maximum Gasteiger partial charge on any atom is 0.291 e. The lowest BCUT2D eigenvalue weighted by molar-refractivity contribution is 0.0997. The van der Waals surface area contributed by atoms with Crippen LogP contribution in [-0.2, 0) is 6.42 Å². The predicted molar refractivity (Wildman–Crippen MR) is 84.7 cm³/mol. The highest BCUT2D eigenvalue weighted by Crippen LogP contribution is 2.27. The van der Waals surface area contributed by atoms with E-state index in [1.165, 1.54) is 11.6 Å². The molecule has 0 aliphatic heterocycles. The van der Waals surface area contributed by atoms with Crippen LogP contribution in [0.25, 0.3) is 11.0 Å². The van der Waals surface area contributed by atoms with Crippen molar-refractivity contribution >= 4 is 22.6 Å². The Morgan fingerprint density at radius 2 is 1.91 bits per heavy atom. The van der Waals surface area contributed by atoms with Crippen LogP contribution in [0.15, 0.2) is 46.9 Å². The van der Waals surface area contributed by atoms with Crippen LogP contribution in [0.3, 0.4) is 0 Å². The van der Waals surface area contributed by atoms with Gasteiger partial charge in [0, 0.05) is 16.6 Å². The fourth-order valence-corrected chi connectivity index (χ4v) is 2.44. The summed E-state index contributed by atoms with van der Waals surface area (Å²) in [4.78, 5) is 12.3. The zero-order valence-corrected chi connectivity index (χ0v) is 12.4. The number of hydrogen-bond donors (Lipinski definition) is 1. The zero-order chi connectivity index (χ0) is 15.7. The van der Waals surface area contributed by atoms with Crippen LogP contribution in [-0.4, -0.2) is 5.91 Å². The van der Waals surface area contributed by atoms with Gasteiger partial charge in [0.1, 0.15) is 0 Å². The Balaban J connectivity index is 1.91. The van der Waals surface area contributed by atoms with Gasteiger partial charge in [0.25, 0.3) is 5.91 Å². The number of carbonyl (C=O) groups excluding carboxylic acids is 1. The fraction of sp³-hybridized carbons (Fsp3) is 0.167. The smallest absolute Gasteiger partial charge is 0.291 e. The van der Waals surface area contributed by atoms with Gasteiger partial charge in [-0.25, -0.2) is 4.39 Å². The highest BCUT2D eigenvalue weighted by molar-refractivity contribution is 6.06. The summed E-state index contributed by atoms with van der Waals surface area (Å²) in [5, 5.41) is 3.39. The second kappa shape index (κ2) is 5.64. The Morgan fingerprint density at radius 1 is 1.18 bits per heavy atom. The Labute approximate surface area is 127 Å². The normalized spacial score (nSPS) is 10.9. The van der Waals surface area contributed by atoms with Gasteiger partial charge in [0.2, 0.25) is 0 Å². The third-order valence-electron chi connectivity index (χ3n) is 3.74. The van der Waals surface area contributed by atoms with Crippen LogP contribution in [0.2, 0.25) is 0 Å². The number of aryl methyl sites for hydroxylation is 2. The lowest BCUT2D eigenvalue weighted by atomic mass is 10.1. The lowest BCUT2D eigenvalue weighted by Crippen LogP contribution is -2.12. The third kappa shape index (κ3) is 2.48. The van der Waals surface area contributed by atoms with Crippen LogP contribution in [0.1, 0.15) is 28.6 Å². The van der Waals surface area contributed by atoms with Gasteiger partial charge in [0.15, 0.2) is 17.2 Å². The van der Waals surface area contributed by atoms with E-state index in [1.54, 1.807) is 19.1 Å². The van der Waals surface area contributed by atoms with Crippen LogP contribution >= 0.6 is 0 Å². The number of carbonyl (C=O) groups is 1. The van der Waals surface area contributed by atoms with E-state index >= 15 is 0 Å². The molecule has 1 amide bonds. The SMILES string of the molecule is CCc1ccc(NC(=O)c2oc3c(F)cccc3c2C)cc1. The number of halogens is 1. The van der Waals surface area contributed by atoms with Gasteiger partial charge < -0.3 is 9.73 Å². The molecule has 0 spiro atoms. The van der Waals surface area contributed by atoms with Crippen molar-refractivity contribution in [1.82, 2.24) is 0 Å². The van der Waals surface area contributed by atoms with E-state index in [2.05, 4.69) is 12.2 Å². The highest BCUT2D eigenvalue weighted by Gasteiger charge is 2.19. The Hall–Kier alpha value is -2.62. The Morgan fingerprint density at radius 3 is 2.55 bits per heavy atom. The number of amides is 1. The van der Waals surface area contributed by atoms with Crippen LogP contribution < -0.4 is 5.32 Å². The molecule has 0 radical (unpaired) electrons. The molecule has 2 aromatic carbocycles. The maximum absolute atomic E-state index is 13.7. The number of anilines is 1. The lowest BCUT2D eigenvalue weighted by Gasteiger charge is -2.04. The second-order valence-corrected chi connectivity index (χ2v) is 5.18. The number of fused-ring (bicyclic) bond motifs is 1. The van der Waals surface area contributed by atoms with E-state index in [9.17, 15) is 9.18 Å². The predicted octanol–water partition coefficient (Wildman–Crippen LogP) is 4.70. The van der Waals surface area contributed by atoms with E-state index in [0.29, 0.717) is 16.6 Å². The minimum atomic E-state index is -0.466. The van der Waals surface area contributed by atoms with Crippen molar-refractivity contribution in [3.05, 3.63) is 65.2 Å². The summed E-state index contributed by atoms with van der Waals surface area (Å²) in [5.74, 6) is -0.705. The van der Waals surface area contributed by atoms with Gasteiger partial charge in [-0.3, -0.25) is 4.79 Å². The molecule has 0 fully saturated rings. The first-order chi connectivity index (χ1) is 10.6. The van der Waals surface area contributed by atoms with Crippen molar-refractivity contribution in [2.45, 2.75) is 20.3 Å². The molecular weight excluding hydrogens is 281 g/mol. The molecule has 0 saturated heterocycles. The third-order valence-corrected chi connectivity index (χ3v) is 3.74. The molecule has 0 unspecified atom stereocenters. The summed E-state index contributed by atoms with van der Waals surface area (Å²) < 4.78 is 19.1. The van der Waals surface area contributed by atoms with Gasteiger partial charge in [0.05, 0.1) is 0 Å². The second-order valence-electron chi connectivity index (χ2n) is 5.18. The minimum Gasteiger partial charge on any atom is -0.448 e. The van der Waals surface area contributed by atoms with Crippen LogP contribution in [0.5, 0.6) is 0 Å². The molecule has 4 heteroatoms. The quantitative estimate of drug-likeness (QED) is 0.761. The number of benzene rings is 2. The number of rotatable bonds is 3. The number of nitrogens with one attached hydrogen (secondary N) is 1. The van der Waals surface area contributed by atoms with Gasteiger partial charge in [-0.2, -0.15) is 0 Å². The first-order valence-corrected chi connectivity index (χ1v) is 7.18. The van der Waals surface area contributed by atoms with Crippen molar-refractivity contribution in [3.8, 4) is 0 Å². The summed E-state index contributed by atoms with van der Waals surface area (Å²) in [6.45, 7) is 3.82. The molecule has 3 aromatic rings. The molecule has 0 aliphatic rings. The molecule has 1 heterocycles. The zero-order valence-electron chi connectivity index (χ0n) is 12.4. The van der Waals surface area contributed by atoms with Crippen LogP contribution in [0.4, 0.5) is 10.1 Å². The molecule has 0 atom stereocenters. The molecule has 0 bridgehead atoms. The molecule has 0 saturated carbocycles. The topological polar surface area (TPSA) is 42.2 Å². The monoisotopic (exact) mass is 297 g/mol. The van der Waals surface area contributed by atoms with Gasteiger partial charge >= 0.3 is 0 Å². The van der Waals surface area contributed by atoms with Crippen molar-refractivity contribution < 1.29 is 13.6 Å². The largest absolute Gasteiger partial charge is 0.448 e. The van der Waals surface area contributed by atoms with E-state index in [4.69, 9.17) is 4.42 Å². The Kier molecular flexibility index (Phi) is 3.67. The van der Waals surface area contributed by atoms with Crippen molar-refractivity contribution in [3.63, 3.8) is 0 Å². The minimum absolute atomic E-state index is 0.117. The number of furan rings is 1. The fourth-order valence-electron chi connectivity index (χ4n) is 2.44. The maximum atomic E-state index is 13.7. The molecule has 22 heavy (non-hydrogen) atoms. The molecule has 0 aliphatic carbocycles. The molecule has 3 nitrogen and oxygen atoms in total. The van der Waals surface area contributed by atoms with Gasteiger partial charge in [-0.05, 0) is 37.1 Å². The summed E-state index contributed by atoms with van der Waals surface area (Å²) in [5.41, 5.74) is 2.63. The molecular formula is C18H16FNO2. The standard InChI is InChI=1S/C18H16FNO2/c1-3-12-7-9-13(10-8-12)20-18(21)16-11(2)14-5-4-6-15(19)17(14)22-16/h4-10H,3H2,1-2H3,(H,20,21). The first kappa shape index (κ1) is 14.3. The summed E-state index contributed by atoms with van der Waals surface area (Å²) in [6.07, 6.45) is 0.941. The van der Waals surface area contributed by atoms with Gasteiger partial charge in [-0.15, -0.1) is 0 Å². The van der Waals surface area contributed by atoms with E-state index in [0.717, 1.165) is 6.42 Å². The van der Waals surface area contributed by atoms with Crippen LogP contribution in [0, 0.1) is 12.7 Å². The van der Waals surface area contributed by atoms with Crippen molar-refractivity contribution in [2.75, 3.05) is 5.32 Å². The summed E-state index contributed by atoms with van der Waals surface area (Å²) in [6, 6.07) is 12.3. The molecule has 112 valence electrons. The van der Waals surface area contributed by atoms with Crippen molar-refractivity contribution in [2.24, 2.45) is 0 Å². The molecule has 3 rings (SSSR count). The first-order valence-electron chi connectivity index (χ1n) is 7.18. The van der Waals surface area contributed by atoms with E-state index < -0.39 is 5.82 Å². The van der Waals surface area contributed by atoms with Gasteiger partial charge in [-0.1, -0.05) is 31.2 Å². The van der Waals surface area contributed by atoms with E-state index in [-0.39, 0.29) is 17.3 Å². The number of hydrogen-bond acceptors (Lipinski definition) is 2. The summed E-state index contributed by atoms with van der Waals surface area (Å²) in [7, 11) is 0. The van der Waals surface area contributed by atoms with Crippen molar-refractivity contribution in [1.29, 1.82) is 0 Å².